The zero-order valence-corrected chi connectivity index (χ0v) is 15.8. The Morgan fingerprint density at radius 1 is 1.00 bits per heavy atom. The van der Waals surface area contributed by atoms with Crippen LogP contribution in [0.1, 0.15) is 50.5 Å². The lowest BCUT2D eigenvalue weighted by Crippen LogP contribution is -2.10. The molecule has 0 heterocycles. The standard InChI is InChI=1S/C21H26O4/c1-14(2)24-20-18(23-6)11-15(13-22)12-19(20)25-17-9-7-16(8-10-17)21(3,4)5/h7-14H,1-6H3. The van der Waals surface area contributed by atoms with Crippen LogP contribution in [-0.2, 0) is 5.41 Å². The van der Waals surface area contributed by atoms with E-state index in [1.54, 1.807) is 19.2 Å². The van der Waals surface area contributed by atoms with Crippen molar-refractivity contribution in [1.29, 1.82) is 0 Å². The van der Waals surface area contributed by atoms with Crippen LogP contribution in [0.25, 0.3) is 0 Å². The smallest absolute Gasteiger partial charge is 0.204 e. The topological polar surface area (TPSA) is 44.8 Å². The van der Waals surface area contributed by atoms with E-state index in [2.05, 4.69) is 20.8 Å². The molecule has 0 saturated heterocycles. The fourth-order valence-electron chi connectivity index (χ4n) is 2.39. The Morgan fingerprint density at radius 2 is 1.60 bits per heavy atom. The molecule has 2 aromatic carbocycles. The van der Waals surface area contributed by atoms with Gasteiger partial charge in [-0.05, 0) is 49.1 Å². The molecule has 0 atom stereocenters. The molecule has 0 N–H and O–H groups in total. The summed E-state index contributed by atoms with van der Waals surface area (Å²) in [6.07, 6.45) is 0.707. The van der Waals surface area contributed by atoms with E-state index in [-0.39, 0.29) is 11.5 Å². The maximum absolute atomic E-state index is 11.2. The van der Waals surface area contributed by atoms with Gasteiger partial charge in [0.05, 0.1) is 13.2 Å². The number of carbonyl (C=O) groups is 1. The molecular weight excluding hydrogens is 316 g/mol. The fourth-order valence-corrected chi connectivity index (χ4v) is 2.39. The molecule has 25 heavy (non-hydrogen) atoms. The van der Waals surface area contributed by atoms with Gasteiger partial charge in [-0.1, -0.05) is 32.9 Å². The number of hydrogen-bond acceptors (Lipinski definition) is 4. The van der Waals surface area contributed by atoms with Crippen molar-refractivity contribution in [2.75, 3.05) is 7.11 Å². The molecule has 0 amide bonds. The summed E-state index contributed by atoms with van der Waals surface area (Å²) in [7, 11) is 1.54. The summed E-state index contributed by atoms with van der Waals surface area (Å²) in [4.78, 5) is 11.2. The van der Waals surface area contributed by atoms with E-state index in [0.717, 1.165) is 6.29 Å². The van der Waals surface area contributed by atoms with Crippen molar-refractivity contribution >= 4 is 6.29 Å². The van der Waals surface area contributed by atoms with Crippen molar-refractivity contribution in [2.45, 2.75) is 46.1 Å². The summed E-state index contributed by atoms with van der Waals surface area (Å²) in [5, 5.41) is 0. The van der Waals surface area contributed by atoms with E-state index >= 15 is 0 Å². The van der Waals surface area contributed by atoms with E-state index in [1.807, 2.05) is 38.1 Å². The first-order valence-corrected chi connectivity index (χ1v) is 8.37. The number of methoxy groups -OCH3 is 1. The molecule has 0 saturated carbocycles. The van der Waals surface area contributed by atoms with Gasteiger partial charge < -0.3 is 14.2 Å². The van der Waals surface area contributed by atoms with Gasteiger partial charge in [-0.15, -0.1) is 0 Å². The van der Waals surface area contributed by atoms with E-state index in [9.17, 15) is 4.79 Å². The third-order valence-corrected chi connectivity index (χ3v) is 3.70. The van der Waals surface area contributed by atoms with Crippen LogP contribution < -0.4 is 14.2 Å². The predicted octanol–water partition coefficient (Wildman–Crippen LogP) is 5.38. The van der Waals surface area contributed by atoms with E-state index in [0.29, 0.717) is 28.6 Å². The molecule has 4 heteroatoms. The molecular formula is C21H26O4. The lowest BCUT2D eigenvalue weighted by Gasteiger charge is -2.20. The number of hydrogen-bond donors (Lipinski definition) is 0. The fraction of sp³-hybridized carbons (Fsp3) is 0.381. The zero-order valence-electron chi connectivity index (χ0n) is 15.8. The minimum atomic E-state index is -0.0541. The Kier molecular flexibility index (Phi) is 5.73. The minimum absolute atomic E-state index is 0.0541. The highest BCUT2D eigenvalue weighted by molar-refractivity contribution is 5.78. The molecule has 0 spiro atoms. The van der Waals surface area contributed by atoms with Crippen molar-refractivity contribution in [3.05, 3.63) is 47.5 Å². The Balaban J connectivity index is 2.41. The Labute approximate surface area is 149 Å². The third kappa shape index (κ3) is 4.75. The van der Waals surface area contributed by atoms with Crippen LogP contribution in [0.5, 0.6) is 23.0 Å². The molecule has 2 rings (SSSR count). The van der Waals surface area contributed by atoms with Crippen LogP contribution in [-0.4, -0.2) is 19.5 Å². The van der Waals surface area contributed by atoms with E-state index < -0.39 is 0 Å². The molecule has 0 aliphatic carbocycles. The van der Waals surface area contributed by atoms with E-state index in [4.69, 9.17) is 14.2 Å². The summed E-state index contributed by atoms with van der Waals surface area (Å²) in [5.74, 6) is 2.09. The zero-order chi connectivity index (χ0) is 18.6. The molecule has 0 bridgehead atoms. The van der Waals surface area contributed by atoms with Crippen molar-refractivity contribution in [2.24, 2.45) is 0 Å². The second-order valence-corrected chi connectivity index (χ2v) is 7.21. The number of aldehydes is 1. The predicted molar refractivity (Wildman–Crippen MR) is 99.4 cm³/mol. The van der Waals surface area contributed by atoms with Crippen LogP contribution in [0.15, 0.2) is 36.4 Å². The molecule has 0 aliphatic heterocycles. The van der Waals surface area contributed by atoms with Crippen LogP contribution >= 0.6 is 0 Å². The second-order valence-electron chi connectivity index (χ2n) is 7.21. The normalized spacial score (nSPS) is 11.3. The lowest BCUT2D eigenvalue weighted by atomic mass is 9.87. The summed E-state index contributed by atoms with van der Waals surface area (Å²) < 4.78 is 17.2. The summed E-state index contributed by atoms with van der Waals surface area (Å²) in [5.41, 5.74) is 1.76. The third-order valence-electron chi connectivity index (χ3n) is 3.70. The minimum Gasteiger partial charge on any atom is -0.493 e. The van der Waals surface area contributed by atoms with Gasteiger partial charge in [0.2, 0.25) is 5.75 Å². The number of benzene rings is 2. The van der Waals surface area contributed by atoms with Gasteiger partial charge in [0, 0.05) is 5.56 Å². The number of rotatable bonds is 6. The van der Waals surface area contributed by atoms with Gasteiger partial charge in [-0.3, -0.25) is 4.79 Å². The largest absolute Gasteiger partial charge is 0.493 e. The molecule has 134 valence electrons. The highest BCUT2D eigenvalue weighted by atomic mass is 16.5. The Bertz CT molecular complexity index is 725. The highest BCUT2D eigenvalue weighted by Gasteiger charge is 2.18. The van der Waals surface area contributed by atoms with Crippen LogP contribution in [0.2, 0.25) is 0 Å². The van der Waals surface area contributed by atoms with Gasteiger partial charge in [0.25, 0.3) is 0 Å². The summed E-state index contributed by atoms with van der Waals surface area (Å²) in [6, 6.07) is 11.2. The van der Waals surface area contributed by atoms with Crippen molar-refractivity contribution in [1.82, 2.24) is 0 Å². The van der Waals surface area contributed by atoms with Crippen molar-refractivity contribution in [3.63, 3.8) is 0 Å². The van der Waals surface area contributed by atoms with Gasteiger partial charge in [0.15, 0.2) is 11.5 Å². The average molecular weight is 342 g/mol. The quantitative estimate of drug-likeness (QED) is 0.661. The summed E-state index contributed by atoms with van der Waals surface area (Å²) >= 11 is 0. The molecule has 0 aliphatic rings. The highest BCUT2D eigenvalue weighted by Crippen LogP contribution is 2.41. The maximum atomic E-state index is 11.2. The molecule has 0 aromatic heterocycles. The number of carbonyl (C=O) groups excluding carboxylic acids is 1. The molecule has 0 fully saturated rings. The first-order valence-electron chi connectivity index (χ1n) is 8.37. The molecule has 0 radical (unpaired) electrons. The van der Waals surface area contributed by atoms with Crippen LogP contribution in [0, 0.1) is 0 Å². The Hall–Kier alpha value is -2.49. The van der Waals surface area contributed by atoms with Crippen LogP contribution in [0.4, 0.5) is 0 Å². The van der Waals surface area contributed by atoms with Gasteiger partial charge in [0.1, 0.15) is 12.0 Å². The number of ether oxygens (including phenoxy) is 3. The Morgan fingerprint density at radius 3 is 2.08 bits per heavy atom. The van der Waals surface area contributed by atoms with Crippen molar-refractivity contribution in [3.8, 4) is 23.0 Å². The van der Waals surface area contributed by atoms with Crippen LogP contribution in [0.3, 0.4) is 0 Å². The molecule has 2 aromatic rings. The van der Waals surface area contributed by atoms with Gasteiger partial charge >= 0.3 is 0 Å². The van der Waals surface area contributed by atoms with Gasteiger partial charge in [-0.2, -0.15) is 0 Å². The average Bonchev–Trinajstić information content (AvgIpc) is 2.55. The monoisotopic (exact) mass is 342 g/mol. The first kappa shape index (κ1) is 18.8. The maximum Gasteiger partial charge on any atom is 0.204 e. The first-order chi connectivity index (χ1) is 11.7. The van der Waals surface area contributed by atoms with Crippen molar-refractivity contribution < 1.29 is 19.0 Å². The van der Waals surface area contributed by atoms with E-state index in [1.165, 1.54) is 5.56 Å². The summed E-state index contributed by atoms with van der Waals surface area (Å²) in [6.45, 7) is 10.3. The SMILES string of the molecule is COc1cc(C=O)cc(Oc2ccc(C(C)(C)C)cc2)c1OC(C)C. The van der Waals surface area contributed by atoms with Gasteiger partial charge in [-0.25, -0.2) is 0 Å². The second kappa shape index (κ2) is 7.60. The molecule has 4 nitrogen and oxygen atoms in total. The lowest BCUT2D eigenvalue weighted by molar-refractivity contribution is 0.112. The molecule has 0 unspecified atom stereocenters.